The van der Waals surface area contributed by atoms with E-state index in [1.807, 2.05) is 11.8 Å². The van der Waals surface area contributed by atoms with Crippen molar-refractivity contribution in [3.8, 4) is 0 Å². The molecule has 108 valence electrons. The first kappa shape index (κ1) is 14.3. The molecule has 5 nitrogen and oxygen atoms in total. The normalized spacial score (nSPS) is 29.4. The summed E-state index contributed by atoms with van der Waals surface area (Å²) < 4.78 is 0. The highest BCUT2D eigenvalue weighted by atomic mass is 16.2. The lowest BCUT2D eigenvalue weighted by Gasteiger charge is -2.28. The Hall–Kier alpha value is -1.10. The molecule has 0 radical (unpaired) electrons. The molecule has 19 heavy (non-hydrogen) atoms. The monoisotopic (exact) mass is 267 g/mol. The molecule has 3 unspecified atom stereocenters. The number of nitrogens with two attached hydrogens (primary N) is 1. The molecule has 3 atom stereocenters. The molecule has 0 aromatic heterocycles. The van der Waals surface area contributed by atoms with Gasteiger partial charge in [0.25, 0.3) is 0 Å². The Labute approximate surface area is 114 Å². The fourth-order valence-electron chi connectivity index (χ4n) is 3.10. The van der Waals surface area contributed by atoms with Crippen LogP contribution in [0, 0.1) is 5.92 Å². The van der Waals surface area contributed by atoms with Gasteiger partial charge >= 0.3 is 0 Å². The van der Waals surface area contributed by atoms with Gasteiger partial charge in [0, 0.05) is 37.5 Å². The minimum Gasteiger partial charge on any atom is -0.352 e. The fraction of sp³-hybridized carbons (Fsp3) is 0.857. The summed E-state index contributed by atoms with van der Waals surface area (Å²) in [4.78, 5) is 25.5. The molecule has 2 aliphatic rings. The van der Waals surface area contributed by atoms with Crippen LogP contribution in [0.4, 0.5) is 0 Å². The summed E-state index contributed by atoms with van der Waals surface area (Å²) in [7, 11) is 0. The average Bonchev–Trinajstić information content (AvgIpc) is 2.75. The minimum absolute atomic E-state index is 0.0210. The molecule has 5 heteroatoms. The van der Waals surface area contributed by atoms with E-state index in [1.54, 1.807) is 0 Å². The summed E-state index contributed by atoms with van der Waals surface area (Å²) in [6.07, 6.45) is 5.39. The Morgan fingerprint density at radius 1 is 1.47 bits per heavy atom. The van der Waals surface area contributed by atoms with Crippen molar-refractivity contribution in [2.75, 3.05) is 13.1 Å². The molecule has 3 N–H and O–H groups in total. The largest absolute Gasteiger partial charge is 0.352 e. The van der Waals surface area contributed by atoms with Crippen molar-refractivity contribution in [1.29, 1.82) is 0 Å². The molecule has 2 rings (SSSR count). The van der Waals surface area contributed by atoms with Crippen molar-refractivity contribution in [2.45, 2.75) is 57.5 Å². The highest BCUT2D eigenvalue weighted by Gasteiger charge is 2.27. The van der Waals surface area contributed by atoms with Crippen molar-refractivity contribution >= 4 is 11.8 Å². The van der Waals surface area contributed by atoms with Gasteiger partial charge in [-0.1, -0.05) is 6.42 Å². The molecule has 1 aliphatic heterocycles. The van der Waals surface area contributed by atoms with Crippen LogP contribution in [0.15, 0.2) is 0 Å². The van der Waals surface area contributed by atoms with Crippen LogP contribution in [0.25, 0.3) is 0 Å². The second kappa shape index (κ2) is 6.37. The van der Waals surface area contributed by atoms with Gasteiger partial charge in [0.2, 0.25) is 11.8 Å². The lowest BCUT2D eigenvalue weighted by Crippen LogP contribution is -2.46. The Morgan fingerprint density at radius 2 is 2.26 bits per heavy atom. The van der Waals surface area contributed by atoms with E-state index in [0.717, 1.165) is 38.6 Å². The van der Waals surface area contributed by atoms with Gasteiger partial charge in [-0.3, -0.25) is 9.59 Å². The number of amides is 2. The zero-order chi connectivity index (χ0) is 13.8. The standard InChI is InChI=1S/C14H25N3O2/c1-10(9-17-7-3-6-13(17)18)16-14(19)11-4-2-5-12(15)8-11/h10-12H,2-9,15H2,1H3,(H,16,19). The Bertz CT molecular complexity index is 346. The molecule has 1 aliphatic carbocycles. The topological polar surface area (TPSA) is 75.4 Å². The maximum absolute atomic E-state index is 12.1. The molecule has 1 heterocycles. The van der Waals surface area contributed by atoms with Gasteiger partial charge < -0.3 is 16.0 Å². The smallest absolute Gasteiger partial charge is 0.223 e. The lowest BCUT2D eigenvalue weighted by molar-refractivity contribution is -0.130. The molecule has 0 aromatic rings. The maximum atomic E-state index is 12.1. The van der Waals surface area contributed by atoms with E-state index in [9.17, 15) is 9.59 Å². The SMILES string of the molecule is CC(CN1CCCC1=O)NC(=O)C1CCCC(N)C1. The molecule has 0 bridgehead atoms. The zero-order valence-electron chi connectivity index (χ0n) is 11.7. The van der Waals surface area contributed by atoms with Crippen molar-refractivity contribution < 1.29 is 9.59 Å². The number of carbonyl (C=O) groups excluding carboxylic acids is 2. The number of rotatable bonds is 4. The summed E-state index contributed by atoms with van der Waals surface area (Å²) in [5.74, 6) is 0.371. The van der Waals surface area contributed by atoms with Crippen molar-refractivity contribution in [2.24, 2.45) is 11.7 Å². The van der Waals surface area contributed by atoms with Gasteiger partial charge in [0.05, 0.1) is 0 Å². The van der Waals surface area contributed by atoms with Crippen molar-refractivity contribution in [1.82, 2.24) is 10.2 Å². The Kier molecular flexibility index (Phi) is 4.80. The fourth-order valence-corrected chi connectivity index (χ4v) is 3.10. The summed E-state index contributed by atoms with van der Waals surface area (Å²) in [6.45, 7) is 3.42. The molecule has 2 amide bonds. The summed E-state index contributed by atoms with van der Waals surface area (Å²) in [6, 6.07) is 0.188. The van der Waals surface area contributed by atoms with E-state index in [2.05, 4.69) is 5.32 Å². The number of likely N-dealkylation sites (tertiary alicyclic amines) is 1. The van der Waals surface area contributed by atoms with Crippen molar-refractivity contribution in [3.63, 3.8) is 0 Å². The predicted molar refractivity (Wildman–Crippen MR) is 73.4 cm³/mol. The van der Waals surface area contributed by atoms with Crippen LogP contribution < -0.4 is 11.1 Å². The van der Waals surface area contributed by atoms with E-state index in [0.29, 0.717) is 13.0 Å². The van der Waals surface area contributed by atoms with E-state index >= 15 is 0 Å². The molecule has 0 spiro atoms. The Morgan fingerprint density at radius 3 is 2.89 bits per heavy atom. The van der Waals surface area contributed by atoms with Crippen LogP contribution in [-0.2, 0) is 9.59 Å². The van der Waals surface area contributed by atoms with Gasteiger partial charge in [0.1, 0.15) is 0 Å². The van der Waals surface area contributed by atoms with Crippen LogP contribution in [0.1, 0.15) is 45.4 Å². The van der Waals surface area contributed by atoms with E-state index in [-0.39, 0.29) is 29.8 Å². The van der Waals surface area contributed by atoms with Gasteiger partial charge in [-0.05, 0) is 32.6 Å². The number of hydrogen-bond acceptors (Lipinski definition) is 3. The summed E-state index contributed by atoms with van der Waals surface area (Å²) in [5, 5.41) is 3.03. The summed E-state index contributed by atoms with van der Waals surface area (Å²) >= 11 is 0. The molecule has 1 saturated heterocycles. The zero-order valence-corrected chi connectivity index (χ0v) is 11.7. The van der Waals surface area contributed by atoms with Gasteiger partial charge in [-0.15, -0.1) is 0 Å². The molecular weight excluding hydrogens is 242 g/mol. The second-order valence-corrected chi connectivity index (χ2v) is 5.98. The van der Waals surface area contributed by atoms with Gasteiger partial charge in [0.15, 0.2) is 0 Å². The van der Waals surface area contributed by atoms with Crippen LogP contribution in [0.5, 0.6) is 0 Å². The van der Waals surface area contributed by atoms with Crippen LogP contribution in [-0.4, -0.2) is 41.9 Å². The highest BCUT2D eigenvalue weighted by molar-refractivity contribution is 5.80. The third kappa shape index (κ3) is 3.93. The first-order chi connectivity index (χ1) is 9.06. The maximum Gasteiger partial charge on any atom is 0.223 e. The van der Waals surface area contributed by atoms with Gasteiger partial charge in [-0.25, -0.2) is 0 Å². The van der Waals surface area contributed by atoms with E-state index < -0.39 is 0 Å². The first-order valence-electron chi connectivity index (χ1n) is 7.40. The predicted octanol–water partition coefficient (Wildman–Crippen LogP) is 0.631. The van der Waals surface area contributed by atoms with Crippen LogP contribution >= 0.6 is 0 Å². The van der Waals surface area contributed by atoms with Crippen LogP contribution in [0.3, 0.4) is 0 Å². The van der Waals surface area contributed by atoms with Gasteiger partial charge in [-0.2, -0.15) is 0 Å². The van der Waals surface area contributed by atoms with E-state index in [1.165, 1.54) is 0 Å². The van der Waals surface area contributed by atoms with E-state index in [4.69, 9.17) is 5.73 Å². The number of nitrogens with zero attached hydrogens (tertiary/aromatic N) is 1. The highest BCUT2D eigenvalue weighted by Crippen LogP contribution is 2.23. The number of nitrogens with one attached hydrogen (secondary N) is 1. The third-order valence-corrected chi connectivity index (χ3v) is 4.14. The first-order valence-corrected chi connectivity index (χ1v) is 7.40. The molecule has 2 fully saturated rings. The Balaban J connectivity index is 1.76. The van der Waals surface area contributed by atoms with Crippen LogP contribution in [0.2, 0.25) is 0 Å². The molecule has 0 aromatic carbocycles. The minimum atomic E-state index is 0.0210. The third-order valence-electron chi connectivity index (χ3n) is 4.14. The molecular formula is C14H25N3O2. The number of hydrogen-bond donors (Lipinski definition) is 2. The molecule has 1 saturated carbocycles. The van der Waals surface area contributed by atoms with Crippen molar-refractivity contribution in [3.05, 3.63) is 0 Å². The number of carbonyl (C=O) groups is 2. The second-order valence-electron chi connectivity index (χ2n) is 5.98. The summed E-state index contributed by atoms with van der Waals surface area (Å²) in [5.41, 5.74) is 5.91. The average molecular weight is 267 g/mol. The quantitative estimate of drug-likeness (QED) is 0.784. The lowest BCUT2D eigenvalue weighted by atomic mass is 9.85.